The lowest BCUT2D eigenvalue weighted by Crippen LogP contribution is -2.37. The van der Waals surface area contributed by atoms with Crippen LogP contribution in [0, 0.1) is 11.2 Å². The number of benzene rings is 1. The van der Waals surface area contributed by atoms with Crippen molar-refractivity contribution in [2.75, 3.05) is 18.0 Å². The summed E-state index contributed by atoms with van der Waals surface area (Å²) in [6.45, 7) is 2.06. The van der Waals surface area contributed by atoms with E-state index in [9.17, 15) is 9.50 Å². The molecule has 3 aromatic heterocycles. The molecule has 0 amide bonds. The Morgan fingerprint density at radius 1 is 1.06 bits per heavy atom. The Morgan fingerprint density at radius 3 is 2.69 bits per heavy atom. The fraction of sp³-hybridized carbons (Fsp3) is 0.333. The second-order valence-corrected chi connectivity index (χ2v) is 9.09. The summed E-state index contributed by atoms with van der Waals surface area (Å²) in [5.74, 6) is 0.441. The summed E-state index contributed by atoms with van der Waals surface area (Å²) < 4.78 is 16.0. The second-order valence-electron chi connectivity index (χ2n) is 9.09. The Kier molecular flexibility index (Phi) is 4.18. The molecule has 0 atom stereocenters. The van der Waals surface area contributed by atoms with Crippen LogP contribution in [0.5, 0.6) is 5.75 Å². The summed E-state index contributed by atoms with van der Waals surface area (Å²) in [5, 5.41) is 24.2. The Balaban J connectivity index is 1.28. The number of anilines is 1. The molecule has 4 heterocycles. The third-order valence-corrected chi connectivity index (χ3v) is 6.71. The maximum atomic E-state index is 14.5. The summed E-state index contributed by atoms with van der Waals surface area (Å²) in [4.78, 5) is 6.72. The monoisotopic (exact) mass is 430 g/mol. The summed E-state index contributed by atoms with van der Waals surface area (Å²) >= 11 is 0. The van der Waals surface area contributed by atoms with Crippen molar-refractivity contribution in [2.45, 2.75) is 25.7 Å². The molecule has 0 radical (unpaired) electrons. The van der Waals surface area contributed by atoms with Crippen molar-refractivity contribution in [1.29, 1.82) is 0 Å². The minimum atomic E-state index is -0.409. The van der Waals surface area contributed by atoms with E-state index in [1.165, 1.54) is 31.7 Å². The highest BCUT2D eigenvalue weighted by atomic mass is 19.1. The number of halogens is 1. The van der Waals surface area contributed by atoms with E-state index in [0.29, 0.717) is 38.8 Å². The van der Waals surface area contributed by atoms with E-state index >= 15 is 0 Å². The molecule has 1 saturated heterocycles. The van der Waals surface area contributed by atoms with Crippen LogP contribution < -0.4 is 4.90 Å². The van der Waals surface area contributed by atoms with Gasteiger partial charge in [0, 0.05) is 43.5 Å². The van der Waals surface area contributed by atoms with Crippen molar-refractivity contribution in [2.24, 2.45) is 12.5 Å². The first-order chi connectivity index (χ1) is 15.5. The first-order valence-electron chi connectivity index (χ1n) is 10.9. The molecule has 2 aliphatic rings. The van der Waals surface area contributed by atoms with Crippen LogP contribution in [0.1, 0.15) is 25.7 Å². The molecule has 32 heavy (non-hydrogen) atoms. The van der Waals surface area contributed by atoms with Gasteiger partial charge in [-0.2, -0.15) is 5.10 Å². The highest BCUT2D eigenvalue weighted by Gasteiger charge is 2.45. The van der Waals surface area contributed by atoms with E-state index in [1.54, 1.807) is 30.2 Å². The molecule has 1 N–H and O–H groups in total. The van der Waals surface area contributed by atoms with Crippen LogP contribution >= 0.6 is 0 Å². The van der Waals surface area contributed by atoms with Gasteiger partial charge in [0.15, 0.2) is 11.6 Å². The van der Waals surface area contributed by atoms with Gasteiger partial charge in [-0.15, -0.1) is 10.2 Å². The van der Waals surface area contributed by atoms with E-state index in [1.807, 2.05) is 18.2 Å². The topological polar surface area (TPSA) is 80.0 Å². The molecule has 1 aliphatic heterocycles. The first-order valence-corrected chi connectivity index (χ1v) is 10.9. The largest absolute Gasteiger partial charge is 0.506 e. The summed E-state index contributed by atoms with van der Waals surface area (Å²) in [7, 11) is 1.75. The molecule has 1 aromatic carbocycles. The number of aromatic hydroxyl groups is 1. The molecule has 1 saturated carbocycles. The zero-order chi connectivity index (χ0) is 21.9. The van der Waals surface area contributed by atoms with E-state index in [2.05, 4.69) is 25.2 Å². The quantitative estimate of drug-likeness (QED) is 0.522. The van der Waals surface area contributed by atoms with Gasteiger partial charge in [-0.3, -0.25) is 4.68 Å². The van der Waals surface area contributed by atoms with Crippen LogP contribution in [0.2, 0.25) is 0 Å². The predicted molar refractivity (Wildman–Crippen MR) is 120 cm³/mol. The van der Waals surface area contributed by atoms with Crippen LogP contribution in [0.25, 0.3) is 33.4 Å². The van der Waals surface area contributed by atoms with Crippen LogP contribution in [-0.2, 0) is 7.05 Å². The zero-order valence-corrected chi connectivity index (χ0v) is 17.8. The highest BCUT2D eigenvalue weighted by molar-refractivity contribution is 5.85. The normalized spacial score (nSPS) is 17.2. The lowest BCUT2D eigenvalue weighted by Gasteiger charge is -2.33. The van der Waals surface area contributed by atoms with E-state index in [-0.39, 0.29) is 5.75 Å². The average molecular weight is 430 g/mol. The van der Waals surface area contributed by atoms with Gasteiger partial charge in [0.1, 0.15) is 22.7 Å². The SMILES string of the molecule is Cn1cc2cc(-c3cnc(-c4ccc(N5CCCC6(CC6)C5)nn4)c(O)c3)cc(F)c2n1. The van der Waals surface area contributed by atoms with Crippen molar-refractivity contribution >= 4 is 16.7 Å². The number of hydrogen-bond acceptors (Lipinski definition) is 6. The number of rotatable bonds is 3. The molecule has 162 valence electrons. The van der Waals surface area contributed by atoms with Crippen molar-refractivity contribution in [3.63, 3.8) is 0 Å². The number of aromatic nitrogens is 5. The predicted octanol–water partition coefficient (Wildman–Crippen LogP) is 4.32. The van der Waals surface area contributed by atoms with Gasteiger partial charge in [-0.25, -0.2) is 9.37 Å². The number of piperidine rings is 1. The number of hydrogen-bond donors (Lipinski definition) is 1. The molecule has 1 aliphatic carbocycles. The molecular weight excluding hydrogens is 407 g/mol. The maximum Gasteiger partial charge on any atom is 0.151 e. The number of pyridine rings is 1. The minimum Gasteiger partial charge on any atom is -0.506 e. The number of nitrogens with zero attached hydrogens (tertiary/aromatic N) is 6. The highest BCUT2D eigenvalue weighted by Crippen LogP contribution is 2.52. The first kappa shape index (κ1) is 19.2. The molecule has 1 spiro atoms. The summed E-state index contributed by atoms with van der Waals surface area (Å²) in [6, 6.07) is 8.62. The van der Waals surface area contributed by atoms with Gasteiger partial charge in [-0.05, 0) is 67.0 Å². The van der Waals surface area contributed by atoms with E-state index in [4.69, 9.17) is 0 Å². The van der Waals surface area contributed by atoms with Gasteiger partial charge >= 0.3 is 0 Å². The summed E-state index contributed by atoms with van der Waals surface area (Å²) in [5.41, 5.74) is 2.92. The van der Waals surface area contributed by atoms with Gasteiger partial charge in [0.05, 0.1) is 0 Å². The lowest BCUT2D eigenvalue weighted by atomic mass is 9.95. The minimum absolute atomic E-state index is 0.0221. The van der Waals surface area contributed by atoms with E-state index < -0.39 is 5.82 Å². The third kappa shape index (κ3) is 3.26. The fourth-order valence-corrected chi connectivity index (χ4v) is 4.80. The van der Waals surface area contributed by atoms with Crippen LogP contribution in [0.3, 0.4) is 0 Å². The smallest absolute Gasteiger partial charge is 0.151 e. The molecule has 8 heteroatoms. The number of fused-ring (bicyclic) bond motifs is 1. The fourth-order valence-electron chi connectivity index (χ4n) is 4.80. The van der Waals surface area contributed by atoms with Crippen molar-refractivity contribution in [3.8, 4) is 28.3 Å². The number of aryl methyl sites for hydroxylation is 1. The van der Waals surface area contributed by atoms with Gasteiger partial charge in [-0.1, -0.05) is 0 Å². The lowest BCUT2D eigenvalue weighted by molar-refractivity contribution is 0.393. The van der Waals surface area contributed by atoms with Gasteiger partial charge in [0.2, 0.25) is 0 Å². The van der Waals surface area contributed by atoms with Crippen molar-refractivity contribution in [3.05, 3.63) is 48.5 Å². The van der Waals surface area contributed by atoms with Crippen molar-refractivity contribution < 1.29 is 9.50 Å². The van der Waals surface area contributed by atoms with Crippen molar-refractivity contribution in [1.82, 2.24) is 25.0 Å². The molecule has 6 rings (SSSR count). The van der Waals surface area contributed by atoms with Crippen LogP contribution in [0.4, 0.5) is 10.2 Å². The molecule has 2 fully saturated rings. The Labute approximate surface area is 184 Å². The van der Waals surface area contributed by atoms with E-state index in [0.717, 1.165) is 18.9 Å². The second kappa shape index (κ2) is 6.98. The standard InChI is InChI=1S/C24H23FN6O/c1-30-13-17-9-15(10-18(25)22(17)29-30)16-11-20(32)23(26-12-16)19-3-4-21(28-27-19)31-8-2-5-24(14-31)6-7-24/h3-4,9-13,32H,2,5-8,14H2,1H3. The molecule has 0 unspecified atom stereocenters. The summed E-state index contributed by atoms with van der Waals surface area (Å²) in [6.07, 6.45) is 8.51. The molecule has 0 bridgehead atoms. The Morgan fingerprint density at radius 2 is 1.94 bits per heavy atom. The average Bonchev–Trinajstić information content (AvgIpc) is 3.41. The third-order valence-electron chi connectivity index (χ3n) is 6.71. The van der Waals surface area contributed by atoms with Crippen LogP contribution in [0.15, 0.2) is 42.7 Å². The maximum absolute atomic E-state index is 14.5. The molecule has 4 aromatic rings. The van der Waals surface area contributed by atoms with Crippen LogP contribution in [-0.4, -0.2) is 43.2 Å². The Bertz CT molecular complexity index is 1330. The molecule has 7 nitrogen and oxygen atoms in total. The Hall–Kier alpha value is -3.55. The van der Waals surface area contributed by atoms with Gasteiger partial charge < -0.3 is 10.0 Å². The zero-order valence-electron chi connectivity index (χ0n) is 17.8. The van der Waals surface area contributed by atoms with Gasteiger partial charge in [0.25, 0.3) is 0 Å². The molecular formula is C24H23FN6O.